The maximum absolute atomic E-state index is 12.5. The number of aliphatic carboxylic acids is 1. The lowest BCUT2D eigenvalue weighted by Crippen LogP contribution is -2.13. The van der Waals surface area contributed by atoms with E-state index in [0.29, 0.717) is 5.56 Å². The van der Waals surface area contributed by atoms with Crippen molar-refractivity contribution >= 4 is 17.4 Å². The summed E-state index contributed by atoms with van der Waals surface area (Å²) in [7, 11) is 0. The number of carbonyl (C=O) groups is 2. The van der Waals surface area contributed by atoms with Crippen LogP contribution in [0, 0.1) is 10.1 Å². The number of hydrogen-bond acceptors (Lipinski definition) is 4. The van der Waals surface area contributed by atoms with E-state index in [1.54, 1.807) is 30.3 Å². The third-order valence-electron chi connectivity index (χ3n) is 3.37. The number of rotatable bonds is 5. The minimum Gasteiger partial charge on any atom is -0.481 e. The number of carboxylic acids is 1. The summed E-state index contributed by atoms with van der Waals surface area (Å²) >= 11 is 0. The van der Waals surface area contributed by atoms with Crippen LogP contribution in [0.3, 0.4) is 0 Å². The molecule has 0 saturated heterocycles. The quantitative estimate of drug-likeness (QED) is 0.520. The fraction of sp³-hybridized carbons (Fsp3) is 0.125. The van der Waals surface area contributed by atoms with E-state index in [-0.39, 0.29) is 11.1 Å². The first-order chi connectivity index (χ1) is 10.4. The molecule has 2 rings (SSSR count). The van der Waals surface area contributed by atoms with Crippen LogP contribution in [0.25, 0.3) is 0 Å². The van der Waals surface area contributed by atoms with Crippen molar-refractivity contribution in [3.63, 3.8) is 0 Å². The van der Waals surface area contributed by atoms with Crippen LogP contribution in [0.5, 0.6) is 0 Å². The van der Waals surface area contributed by atoms with Crippen molar-refractivity contribution in [1.82, 2.24) is 0 Å². The molecule has 0 fully saturated rings. The van der Waals surface area contributed by atoms with E-state index in [1.165, 1.54) is 25.1 Å². The predicted octanol–water partition coefficient (Wildman–Crippen LogP) is 3.01. The van der Waals surface area contributed by atoms with Gasteiger partial charge in [-0.2, -0.15) is 0 Å². The molecule has 0 amide bonds. The standard InChI is InChI=1S/C16H13NO5/c1-10(16(19)20)12-8-5-9-13(14(12)17(21)22)15(18)11-6-3-2-4-7-11/h2-10H,1H3,(H,19,20). The molecule has 0 bridgehead atoms. The Labute approximate surface area is 126 Å². The smallest absolute Gasteiger partial charge is 0.310 e. The molecule has 0 heterocycles. The molecule has 6 nitrogen and oxygen atoms in total. The number of ketones is 1. The van der Waals surface area contributed by atoms with Gasteiger partial charge in [-0.1, -0.05) is 42.5 Å². The van der Waals surface area contributed by atoms with E-state index in [1.807, 2.05) is 0 Å². The summed E-state index contributed by atoms with van der Waals surface area (Å²) in [6.07, 6.45) is 0. The van der Waals surface area contributed by atoms with Crippen LogP contribution in [0.1, 0.15) is 34.3 Å². The zero-order valence-electron chi connectivity index (χ0n) is 11.7. The molecular weight excluding hydrogens is 286 g/mol. The van der Waals surface area contributed by atoms with Crippen LogP contribution in [0.15, 0.2) is 48.5 Å². The van der Waals surface area contributed by atoms with E-state index in [2.05, 4.69) is 0 Å². The molecule has 6 heteroatoms. The summed E-state index contributed by atoms with van der Waals surface area (Å²) < 4.78 is 0. The normalized spacial score (nSPS) is 11.7. The van der Waals surface area contributed by atoms with Gasteiger partial charge in [-0.15, -0.1) is 0 Å². The Kier molecular flexibility index (Phi) is 4.31. The van der Waals surface area contributed by atoms with Gasteiger partial charge in [0.2, 0.25) is 0 Å². The molecule has 1 atom stereocenters. The summed E-state index contributed by atoms with van der Waals surface area (Å²) in [6.45, 7) is 1.35. The van der Waals surface area contributed by atoms with E-state index < -0.39 is 28.3 Å². The van der Waals surface area contributed by atoms with Crippen LogP contribution in [-0.4, -0.2) is 21.8 Å². The van der Waals surface area contributed by atoms with Gasteiger partial charge in [0.1, 0.15) is 5.56 Å². The Bertz CT molecular complexity index is 739. The fourth-order valence-corrected chi connectivity index (χ4v) is 2.18. The van der Waals surface area contributed by atoms with Crippen molar-refractivity contribution in [2.24, 2.45) is 0 Å². The van der Waals surface area contributed by atoms with Gasteiger partial charge in [-0.25, -0.2) is 0 Å². The number of carboxylic acid groups (broad SMARTS) is 1. The summed E-state index contributed by atoms with van der Waals surface area (Å²) in [5.41, 5.74) is -0.238. The molecule has 0 spiro atoms. The molecule has 0 aliphatic carbocycles. The second kappa shape index (κ2) is 6.17. The highest BCUT2D eigenvalue weighted by Gasteiger charge is 2.29. The first-order valence-electron chi connectivity index (χ1n) is 6.53. The zero-order chi connectivity index (χ0) is 16.3. The van der Waals surface area contributed by atoms with E-state index >= 15 is 0 Å². The second-order valence-corrected chi connectivity index (χ2v) is 4.76. The molecule has 112 valence electrons. The number of nitro groups is 1. The van der Waals surface area contributed by atoms with E-state index in [0.717, 1.165) is 0 Å². The highest BCUT2D eigenvalue weighted by atomic mass is 16.6. The lowest BCUT2D eigenvalue weighted by molar-refractivity contribution is -0.385. The van der Waals surface area contributed by atoms with Crippen LogP contribution in [-0.2, 0) is 4.79 Å². The summed E-state index contributed by atoms with van der Waals surface area (Å²) in [5, 5.41) is 20.4. The SMILES string of the molecule is CC(C(=O)O)c1cccc(C(=O)c2ccccc2)c1[N+](=O)[O-]. The van der Waals surface area contributed by atoms with Crippen LogP contribution in [0.2, 0.25) is 0 Å². The number of hydrogen-bond donors (Lipinski definition) is 1. The number of para-hydroxylation sites is 1. The molecule has 2 aromatic rings. The number of nitrogens with zero attached hydrogens (tertiary/aromatic N) is 1. The Morgan fingerprint density at radius 2 is 1.73 bits per heavy atom. The van der Waals surface area contributed by atoms with E-state index in [4.69, 9.17) is 5.11 Å². The fourth-order valence-electron chi connectivity index (χ4n) is 2.18. The Hall–Kier alpha value is -3.02. The summed E-state index contributed by atoms with van der Waals surface area (Å²) in [6, 6.07) is 12.3. The average molecular weight is 299 g/mol. The molecule has 1 N–H and O–H groups in total. The first kappa shape index (κ1) is 15.4. The topological polar surface area (TPSA) is 97.5 Å². The van der Waals surface area contributed by atoms with Crippen LogP contribution >= 0.6 is 0 Å². The first-order valence-corrected chi connectivity index (χ1v) is 6.53. The highest BCUT2D eigenvalue weighted by molar-refractivity contribution is 6.12. The molecule has 0 saturated carbocycles. The average Bonchev–Trinajstić information content (AvgIpc) is 2.53. The maximum Gasteiger partial charge on any atom is 0.310 e. The maximum atomic E-state index is 12.5. The lowest BCUT2D eigenvalue weighted by atomic mass is 9.93. The van der Waals surface area contributed by atoms with Crippen molar-refractivity contribution in [3.05, 3.63) is 75.3 Å². The molecule has 0 aliphatic rings. The van der Waals surface area contributed by atoms with Gasteiger partial charge in [0, 0.05) is 11.1 Å². The van der Waals surface area contributed by atoms with Crippen molar-refractivity contribution < 1.29 is 19.6 Å². The molecular formula is C16H13NO5. The van der Waals surface area contributed by atoms with Crippen molar-refractivity contribution in [2.45, 2.75) is 12.8 Å². The minimum absolute atomic E-state index is 0.0132. The summed E-state index contributed by atoms with van der Waals surface area (Å²) in [5.74, 6) is -2.77. The molecule has 0 radical (unpaired) electrons. The van der Waals surface area contributed by atoms with Crippen molar-refractivity contribution in [1.29, 1.82) is 0 Å². The monoisotopic (exact) mass is 299 g/mol. The van der Waals surface area contributed by atoms with Crippen molar-refractivity contribution in [3.8, 4) is 0 Å². The van der Waals surface area contributed by atoms with E-state index in [9.17, 15) is 19.7 Å². The third kappa shape index (κ3) is 2.85. The van der Waals surface area contributed by atoms with Gasteiger partial charge in [0.05, 0.1) is 10.8 Å². The van der Waals surface area contributed by atoms with Crippen LogP contribution in [0.4, 0.5) is 5.69 Å². The second-order valence-electron chi connectivity index (χ2n) is 4.76. The lowest BCUT2D eigenvalue weighted by Gasteiger charge is -2.10. The zero-order valence-corrected chi connectivity index (χ0v) is 11.7. The Morgan fingerprint density at radius 1 is 1.09 bits per heavy atom. The molecule has 0 aromatic heterocycles. The number of nitro benzene ring substituents is 1. The van der Waals surface area contributed by atoms with Crippen molar-refractivity contribution in [2.75, 3.05) is 0 Å². The summed E-state index contributed by atoms with van der Waals surface area (Å²) in [4.78, 5) is 34.2. The largest absolute Gasteiger partial charge is 0.481 e. The molecule has 22 heavy (non-hydrogen) atoms. The van der Waals surface area contributed by atoms with Gasteiger partial charge >= 0.3 is 5.97 Å². The Morgan fingerprint density at radius 3 is 2.27 bits per heavy atom. The number of carbonyl (C=O) groups excluding carboxylic acids is 1. The van der Waals surface area contributed by atoms with Gasteiger partial charge in [0.25, 0.3) is 5.69 Å². The van der Waals surface area contributed by atoms with Gasteiger partial charge in [0.15, 0.2) is 5.78 Å². The molecule has 0 aliphatic heterocycles. The predicted molar refractivity (Wildman–Crippen MR) is 79.0 cm³/mol. The Balaban J connectivity index is 2.62. The third-order valence-corrected chi connectivity index (χ3v) is 3.37. The van der Waals surface area contributed by atoms with Gasteiger partial charge < -0.3 is 5.11 Å². The minimum atomic E-state index is -1.19. The highest BCUT2D eigenvalue weighted by Crippen LogP contribution is 2.31. The van der Waals surface area contributed by atoms with Gasteiger partial charge in [-0.05, 0) is 13.0 Å². The number of benzene rings is 2. The van der Waals surface area contributed by atoms with Gasteiger partial charge in [-0.3, -0.25) is 19.7 Å². The molecule has 1 unspecified atom stereocenters. The molecule has 2 aromatic carbocycles. The van der Waals surface area contributed by atoms with Crippen LogP contribution < -0.4 is 0 Å².